The third kappa shape index (κ3) is 6.34. The lowest BCUT2D eigenvalue weighted by Crippen LogP contribution is -2.51. The molecule has 2 amide bonds. The number of nitrogens with one attached hydrogen (secondary N) is 1. The van der Waals surface area contributed by atoms with Crippen molar-refractivity contribution in [3.8, 4) is 11.6 Å². The monoisotopic (exact) mass is 498 g/mol. The summed E-state index contributed by atoms with van der Waals surface area (Å²) in [6.45, 7) is 7.91. The van der Waals surface area contributed by atoms with Crippen LogP contribution in [0.1, 0.15) is 51.0 Å². The van der Waals surface area contributed by atoms with Gasteiger partial charge in [-0.25, -0.2) is 4.39 Å². The SMILES string of the molecule is Cc1ccc(-c2nnn(CC(=O)N(C[C@@H]3CCCO3)[C@H](C(=O)NC(C)(C)C)c3ccc(F)cc3)n2)o1. The lowest BCUT2D eigenvalue weighted by molar-refractivity contribution is -0.144. The first-order valence-electron chi connectivity index (χ1n) is 11.9. The van der Waals surface area contributed by atoms with Gasteiger partial charge in [-0.1, -0.05) is 12.1 Å². The van der Waals surface area contributed by atoms with Crippen molar-refractivity contribution in [2.75, 3.05) is 13.2 Å². The Labute approximate surface area is 208 Å². The topological polar surface area (TPSA) is 115 Å². The summed E-state index contributed by atoms with van der Waals surface area (Å²) < 4.78 is 25.0. The van der Waals surface area contributed by atoms with Gasteiger partial charge in [-0.3, -0.25) is 9.59 Å². The fourth-order valence-corrected chi connectivity index (χ4v) is 4.09. The first-order chi connectivity index (χ1) is 17.1. The van der Waals surface area contributed by atoms with Crippen LogP contribution >= 0.6 is 0 Å². The average Bonchev–Trinajstić information content (AvgIpc) is 3.56. The van der Waals surface area contributed by atoms with Gasteiger partial charge in [-0.15, -0.1) is 10.2 Å². The van der Waals surface area contributed by atoms with Crippen LogP contribution < -0.4 is 5.32 Å². The Hall–Kier alpha value is -3.60. The third-order valence-electron chi connectivity index (χ3n) is 5.68. The molecule has 1 aromatic carbocycles. The molecule has 2 aromatic heterocycles. The molecule has 1 N–H and O–H groups in total. The summed E-state index contributed by atoms with van der Waals surface area (Å²) >= 11 is 0. The maximum atomic E-state index is 13.7. The van der Waals surface area contributed by atoms with Crippen LogP contribution in [0.3, 0.4) is 0 Å². The molecule has 0 saturated carbocycles. The Morgan fingerprint density at radius 3 is 2.58 bits per heavy atom. The number of aromatic nitrogens is 4. The Morgan fingerprint density at radius 2 is 1.97 bits per heavy atom. The minimum atomic E-state index is -1.00. The van der Waals surface area contributed by atoms with Crippen LogP contribution in [0, 0.1) is 12.7 Å². The predicted molar refractivity (Wildman–Crippen MR) is 128 cm³/mol. The summed E-state index contributed by atoms with van der Waals surface area (Å²) in [4.78, 5) is 29.8. The fraction of sp³-hybridized carbons (Fsp3) is 0.480. The van der Waals surface area contributed by atoms with Gasteiger partial charge in [0, 0.05) is 18.7 Å². The Balaban J connectivity index is 1.64. The largest absolute Gasteiger partial charge is 0.458 e. The van der Waals surface area contributed by atoms with Gasteiger partial charge in [0.1, 0.15) is 24.2 Å². The quantitative estimate of drug-likeness (QED) is 0.508. The number of tetrazole rings is 1. The number of rotatable bonds is 8. The summed E-state index contributed by atoms with van der Waals surface area (Å²) in [7, 11) is 0. The maximum absolute atomic E-state index is 13.7. The van der Waals surface area contributed by atoms with Crippen molar-refractivity contribution in [2.24, 2.45) is 0 Å². The summed E-state index contributed by atoms with van der Waals surface area (Å²) in [6.07, 6.45) is 1.42. The predicted octanol–water partition coefficient (Wildman–Crippen LogP) is 3.04. The second kappa shape index (κ2) is 10.6. The summed E-state index contributed by atoms with van der Waals surface area (Å²) in [5, 5.41) is 15.2. The van der Waals surface area contributed by atoms with Crippen molar-refractivity contribution in [1.29, 1.82) is 0 Å². The van der Waals surface area contributed by atoms with Gasteiger partial charge in [0.25, 0.3) is 0 Å². The highest BCUT2D eigenvalue weighted by molar-refractivity contribution is 5.89. The van der Waals surface area contributed by atoms with E-state index < -0.39 is 23.3 Å². The molecule has 3 heterocycles. The van der Waals surface area contributed by atoms with Crippen molar-refractivity contribution in [1.82, 2.24) is 30.4 Å². The van der Waals surface area contributed by atoms with Crippen molar-refractivity contribution in [3.05, 3.63) is 53.5 Å². The van der Waals surface area contributed by atoms with E-state index in [-0.39, 0.29) is 30.9 Å². The minimum Gasteiger partial charge on any atom is -0.458 e. The molecular formula is C25H31FN6O4. The number of hydrogen-bond acceptors (Lipinski definition) is 7. The molecule has 1 aliphatic rings. The van der Waals surface area contributed by atoms with E-state index in [1.807, 2.05) is 20.8 Å². The smallest absolute Gasteiger partial charge is 0.247 e. The third-order valence-corrected chi connectivity index (χ3v) is 5.68. The van der Waals surface area contributed by atoms with E-state index in [1.165, 1.54) is 34.0 Å². The highest BCUT2D eigenvalue weighted by Crippen LogP contribution is 2.26. The molecule has 10 nitrogen and oxygen atoms in total. The molecule has 192 valence electrons. The van der Waals surface area contributed by atoms with Crippen LogP contribution in [0.15, 0.2) is 40.8 Å². The fourth-order valence-electron chi connectivity index (χ4n) is 4.09. The van der Waals surface area contributed by atoms with Crippen LogP contribution in [0.4, 0.5) is 4.39 Å². The van der Waals surface area contributed by atoms with Crippen molar-refractivity contribution in [3.63, 3.8) is 0 Å². The molecule has 3 aromatic rings. The number of halogens is 1. The molecule has 4 rings (SSSR count). The molecule has 1 aliphatic heterocycles. The van der Waals surface area contributed by atoms with Crippen LogP contribution in [0.5, 0.6) is 0 Å². The number of carbonyl (C=O) groups is 2. The van der Waals surface area contributed by atoms with Gasteiger partial charge < -0.3 is 19.4 Å². The first kappa shape index (κ1) is 25.5. The van der Waals surface area contributed by atoms with Crippen LogP contribution in [0.2, 0.25) is 0 Å². The maximum Gasteiger partial charge on any atom is 0.247 e. The lowest BCUT2D eigenvalue weighted by atomic mass is 10.0. The highest BCUT2D eigenvalue weighted by atomic mass is 19.1. The lowest BCUT2D eigenvalue weighted by Gasteiger charge is -2.34. The van der Waals surface area contributed by atoms with Gasteiger partial charge in [0.2, 0.25) is 17.6 Å². The molecule has 1 saturated heterocycles. The highest BCUT2D eigenvalue weighted by Gasteiger charge is 2.36. The van der Waals surface area contributed by atoms with E-state index in [2.05, 4.69) is 20.7 Å². The Kier molecular flexibility index (Phi) is 7.48. The second-order valence-electron chi connectivity index (χ2n) is 9.93. The van der Waals surface area contributed by atoms with Gasteiger partial charge in [-0.2, -0.15) is 4.80 Å². The van der Waals surface area contributed by atoms with Crippen LogP contribution in [0.25, 0.3) is 11.6 Å². The molecule has 11 heteroatoms. The van der Waals surface area contributed by atoms with Crippen LogP contribution in [-0.4, -0.2) is 61.7 Å². The summed E-state index contributed by atoms with van der Waals surface area (Å²) in [6, 6.07) is 8.09. The van der Waals surface area contributed by atoms with Gasteiger partial charge >= 0.3 is 0 Å². The standard InChI is InChI=1S/C25H31FN6O4/c1-16-7-12-20(36-16)23-28-30-32(29-23)15-21(33)31(14-19-6-5-13-35-19)22(24(34)27-25(2,3)4)17-8-10-18(26)11-9-17/h7-12,19,22H,5-6,13-15H2,1-4H3,(H,27,34)/t19-,22-/m0/s1. The minimum absolute atomic E-state index is 0.192. The van der Waals surface area contributed by atoms with Gasteiger partial charge in [-0.05, 0) is 75.6 Å². The molecule has 0 radical (unpaired) electrons. The van der Waals surface area contributed by atoms with E-state index in [9.17, 15) is 14.0 Å². The molecule has 36 heavy (non-hydrogen) atoms. The van der Waals surface area contributed by atoms with Crippen LogP contribution in [-0.2, 0) is 20.9 Å². The zero-order chi connectivity index (χ0) is 25.9. The summed E-state index contributed by atoms with van der Waals surface area (Å²) in [5.74, 6) is 0.186. The van der Waals surface area contributed by atoms with Gasteiger partial charge in [0.15, 0.2) is 5.76 Å². The molecule has 2 atom stereocenters. The second-order valence-corrected chi connectivity index (χ2v) is 9.93. The van der Waals surface area contributed by atoms with E-state index >= 15 is 0 Å². The molecular weight excluding hydrogens is 467 g/mol. The van der Waals surface area contributed by atoms with Gasteiger partial charge in [0.05, 0.1) is 6.10 Å². The number of nitrogens with zero attached hydrogens (tertiary/aromatic N) is 5. The molecule has 0 aliphatic carbocycles. The zero-order valence-electron chi connectivity index (χ0n) is 20.9. The van der Waals surface area contributed by atoms with E-state index in [1.54, 1.807) is 19.1 Å². The number of aryl methyl sites for hydroxylation is 1. The number of amides is 2. The molecule has 0 unspecified atom stereocenters. The van der Waals surface area contributed by atoms with Crippen molar-refractivity contribution in [2.45, 2.75) is 64.8 Å². The first-order valence-corrected chi connectivity index (χ1v) is 11.9. The van der Waals surface area contributed by atoms with Crippen molar-refractivity contribution < 1.29 is 23.1 Å². The summed E-state index contributed by atoms with van der Waals surface area (Å²) in [5.41, 5.74) is -0.0555. The van der Waals surface area contributed by atoms with E-state index in [0.717, 1.165) is 12.8 Å². The number of hydrogen-bond donors (Lipinski definition) is 1. The molecule has 1 fully saturated rings. The van der Waals surface area contributed by atoms with Crippen molar-refractivity contribution >= 4 is 11.8 Å². The Morgan fingerprint density at radius 1 is 1.22 bits per heavy atom. The average molecular weight is 499 g/mol. The molecule has 0 bridgehead atoms. The van der Waals surface area contributed by atoms with E-state index in [0.29, 0.717) is 23.7 Å². The number of benzene rings is 1. The zero-order valence-corrected chi connectivity index (χ0v) is 20.9. The van der Waals surface area contributed by atoms with E-state index in [4.69, 9.17) is 9.15 Å². The number of carbonyl (C=O) groups excluding carboxylic acids is 2. The number of ether oxygens (including phenoxy) is 1. The Bertz CT molecular complexity index is 1190. The number of furan rings is 1. The normalized spacial score (nSPS) is 16.6. The molecule has 0 spiro atoms.